The summed E-state index contributed by atoms with van der Waals surface area (Å²) in [4.78, 5) is 22.0. The minimum Gasteiger partial charge on any atom is -0.348 e. The summed E-state index contributed by atoms with van der Waals surface area (Å²) in [6.07, 6.45) is 0.765. The van der Waals surface area contributed by atoms with E-state index >= 15 is 0 Å². The van der Waals surface area contributed by atoms with E-state index in [9.17, 15) is 19.3 Å². The summed E-state index contributed by atoms with van der Waals surface area (Å²) in [5.74, 6) is -1.33. The number of non-ortho nitro benzene ring substituents is 1. The third-order valence-corrected chi connectivity index (χ3v) is 3.09. The van der Waals surface area contributed by atoms with Crippen molar-refractivity contribution in [3.05, 3.63) is 39.2 Å². The predicted octanol–water partition coefficient (Wildman–Crippen LogP) is 1.13. The molecule has 0 aliphatic carbocycles. The molecule has 2 N–H and O–H groups in total. The van der Waals surface area contributed by atoms with Crippen molar-refractivity contribution in [3.8, 4) is 0 Å². The van der Waals surface area contributed by atoms with Gasteiger partial charge in [0.15, 0.2) is 0 Å². The van der Waals surface area contributed by atoms with E-state index in [0.717, 1.165) is 25.1 Å². The minimum atomic E-state index is -0.714. The first-order chi connectivity index (χ1) is 8.99. The molecule has 0 aromatic heterocycles. The SMILES string of the molecule is Cc1cc([N+](=O)[O-])cc(C(=O)NC2CCNC2)c1F. The molecule has 1 aliphatic heterocycles. The van der Waals surface area contributed by atoms with Crippen LogP contribution < -0.4 is 10.6 Å². The average Bonchev–Trinajstić information content (AvgIpc) is 2.84. The van der Waals surface area contributed by atoms with Crippen molar-refractivity contribution in [2.45, 2.75) is 19.4 Å². The molecular weight excluding hydrogens is 253 g/mol. The number of nitrogens with one attached hydrogen (secondary N) is 2. The van der Waals surface area contributed by atoms with Crippen molar-refractivity contribution in [3.63, 3.8) is 0 Å². The molecule has 7 heteroatoms. The third-order valence-electron chi connectivity index (χ3n) is 3.09. The molecule has 2 rings (SSSR count). The Morgan fingerprint density at radius 1 is 1.58 bits per heavy atom. The molecule has 1 fully saturated rings. The number of nitro groups is 1. The maximum Gasteiger partial charge on any atom is 0.270 e. The zero-order valence-corrected chi connectivity index (χ0v) is 10.4. The van der Waals surface area contributed by atoms with E-state index in [-0.39, 0.29) is 22.9 Å². The van der Waals surface area contributed by atoms with Crippen LogP contribution >= 0.6 is 0 Å². The van der Waals surface area contributed by atoms with Gasteiger partial charge in [-0.15, -0.1) is 0 Å². The van der Waals surface area contributed by atoms with E-state index in [0.29, 0.717) is 6.54 Å². The first-order valence-corrected chi connectivity index (χ1v) is 5.95. The topological polar surface area (TPSA) is 84.3 Å². The highest BCUT2D eigenvalue weighted by Gasteiger charge is 2.23. The largest absolute Gasteiger partial charge is 0.348 e. The van der Waals surface area contributed by atoms with E-state index in [1.54, 1.807) is 0 Å². The van der Waals surface area contributed by atoms with Crippen LogP contribution in [0.1, 0.15) is 22.3 Å². The van der Waals surface area contributed by atoms with E-state index in [4.69, 9.17) is 0 Å². The third kappa shape index (κ3) is 2.87. The number of aryl methyl sites for hydroxylation is 1. The molecule has 1 aromatic rings. The van der Waals surface area contributed by atoms with Crippen LogP contribution in [0, 0.1) is 22.9 Å². The van der Waals surface area contributed by atoms with Gasteiger partial charge in [0.1, 0.15) is 5.82 Å². The Morgan fingerprint density at radius 2 is 2.32 bits per heavy atom. The van der Waals surface area contributed by atoms with Gasteiger partial charge in [-0.05, 0) is 25.5 Å². The van der Waals surface area contributed by atoms with Gasteiger partial charge in [-0.25, -0.2) is 4.39 Å². The second-order valence-corrected chi connectivity index (χ2v) is 4.54. The van der Waals surface area contributed by atoms with Crippen LogP contribution in [0.15, 0.2) is 12.1 Å². The van der Waals surface area contributed by atoms with E-state index in [1.165, 1.54) is 6.92 Å². The second-order valence-electron chi connectivity index (χ2n) is 4.54. The molecular formula is C12H14FN3O3. The van der Waals surface area contributed by atoms with Crippen LogP contribution in [0.4, 0.5) is 10.1 Å². The second kappa shape index (κ2) is 5.31. The summed E-state index contributed by atoms with van der Waals surface area (Å²) in [6.45, 7) is 2.82. The van der Waals surface area contributed by atoms with Crippen LogP contribution in [0.2, 0.25) is 0 Å². The molecule has 1 amide bonds. The molecule has 19 heavy (non-hydrogen) atoms. The van der Waals surface area contributed by atoms with Crippen molar-refractivity contribution in [2.75, 3.05) is 13.1 Å². The van der Waals surface area contributed by atoms with Crippen LogP contribution in [-0.2, 0) is 0 Å². The van der Waals surface area contributed by atoms with Gasteiger partial charge in [0, 0.05) is 24.7 Å². The molecule has 102 valence electrons. The molecule has 1 heterocycles. The van der Waals surface area contributed by atoms with Crippen LogP contribution in [-0.4, -0.2) is 30.0 Å². The number of rotatable bonds is 3. The number of hydrogen-bond acceptors (Lipinski definition) is 4. The molecule has 1 atom stereocenters. The van der Waals surface area contributed by atoms with Crippen molar-refractivity contribution < 1.29 is 14.1 Å². The van der Waals surface area contributed by atoms with Gasteiger partial charge in [0.25, 0.3) is 11.6 Å². The van der Waals surface area contributed by atoms with Gasteiger partial charge in [0.2, 0.25) is 0 Å². The molecule has 0 radical (unpaired) electrons. The minimum absolute atomic E-state index is 0.0635. The molecule has 1 unspecified atom stereocenters. The lowest BCUT2D eigenvalue weighted by molar-refractivity contribution is -0.385. The Balaban J connectivity index is 2.26. The molecule has 0 bridgehead atoms. The fraction of sp³-hybridized carbons (Fsp3) is 0.417. The Morgan fingerprint density at radius 3 is 2.89 bits per heavy atom. The summed E-state index contributed by atoms with van der Waals surface area (Å²) in [5, 5.41) is 16.5. The number of carbonyl (C=O) groups excluding carboxylic acids is 1. The summed E-state index contributed by atoms with van der Waals surface area (Å²) >= 11 is 0. The summed E-state index contributed by atoms with van der Waals surface area (Å²) < 4.78 is 13.9. The monoisotopic (exact) mass is 267 g/mol. The van der Waals surface area contributed by atoms with Crippen LogP contribution in [0.25, 0.3) is 0 Å². The number of carbonyl (C=O) groups is 1. The number of nitro benzene ring substituents is 1. The molecule has 0 spiro atoms. The molecule has 6 nitrogen and oxygen atoms in total. The lowest BCUT2D eigenvalue weighted by Crippen LogP contribution is -2.36. The molecule has 1 aliphatic rings. The first-order valence-electron chi connectivity index (χ1n) is 5.95. The van der Waals surface area contributed by atoms with Crippen LogP contribution in [0.3, 0.4) is 0 Å². The van der Waals surface area contributed by atoms with Crippen molar-refractivity contribution in [2.24, 2.45) is 0 Å². The smallest absolute Gasteiger partial charge is 0.270 e. The standard InChI is InChI=1S/C12H14FN3O3/c1-7-4-9(16(18)19)5-10(11(7)13)12(17)15-8-2-3-14-6-8/h4-5,8,14H,2-3,6H2,1H3,(H,15,17). The molecule has 1 aromatic carbocycles. The van der Waals surface area contributed by atoms with Gasteiger partial charge < -0.3 is 10.6 Å². The fourth-order valence-electron chi connectivity index (χ4n) is 2.06. The van der Waals surface area contributed by atoms with Crippen LogP contribution in [0.5, 0.6) is 0 Å². The fourth-order valence-corrected chi connectivity index (χ4v) is 2.06. The Bertz CT molecular complexity index is 527. The Labute approximate surface area is 109 Å². The lowest BCUT2D eigenvalue weighted by Gasteiger charge is -2.12. The van der Waals surface area contributed by atoms with E-state index in [2.05, 4.69) is 10.6 Å². The number of amides is 1. The maximum atomic E-state index is 13.9. The number of halogens is 1. The quantitative estimate of drug-likeness (QED) is 0.635. The van der Waals surface area contributed by atoms with E-state index in [1.807, 2.05) is 0 Å². The highest BCUT2D eigenvalue weighted by Crippen LogP contribution is 2.21. The zero-order chi connectivity index (χ0) is 14.0. The van der Waals surface area contributed by atoms with Gasteiger partial charge >= 0.3 is 0 Å². The van der Waals surface area contributed by atoms with Gasteiger partial charge in [-0.3, -0.25) is 14.9 Å². The zero-order valence-electron chi connectivity index (χ0n) is 10.4. The summed E-state index contributed by atoms with van der Waals surface area (Å²) in [7, 11) is 0. The number of hydrogen-bond donors (Lipinski definition) is 2. The van der Waals surface area contributed by atoms with Gasteiger partial charge in [-0.1, -0.05) is 0 Å². The maximum absolute atomic E-state index is 13.9. The number of benzene rings is 1. The summed E-state index contributed by atoms with van der Waals surface area (Å²) in [5.41, 5.74) is -0.476. The van der Waals surface area contributed by atoms with Crippen molar-refractivity contribution in [1.29, 1.82) is 0 Å². The molecule has 1 saturated heterocycles. The van der Waals surface area contributed by atoms with Gasteiger partial charge in [0.05, 0.1) is 10.5 Å². The Hall–Kier alpha value is -2.02. The highest BCUT2D eigenvalue weighted by atomic mass is 19.1. The average molecular weight is 267 g/mol. The van der Waals surface area contributed by atoms with E-state index < -0.39 is 16.6 Å². The summed E-state index contributed by atoms with van der Waals surface area (Å²) in [6, 6.07) is 2.02. The van der Waals surface area contributed by atoms with Gasteiger partial charge in [-0.2, -0.15) is 0 Å². The van der Waals surface area contributed by atoms with Crippen molar-refractivity contribution >= 4 is 11.6 Å². The lowest BCUT2D eigenvalue weighted by atomic mass is 10.1. The predicted molar refractivity (Wildman–Crippen MR) is 66.5 cm³/mol. The first kappa shape index (κ1) is 13.4. The highest BCUT2D eigenvalue weighted by molar-refractivity contribution is 5.95. The van der Waals surface area contributed by atoms with Crippen molar-refractivity contribution in [1.82, 2.24) is 10.6 Å². The molecule has 0 saturated carbocycles. The Kier molecular flexibility index (Phi) is 3.75. The normalized spacial score (nSPS) is 18.3. The number of nitrogens with zero attached hydrogens (tertiary/aromatic N) is 1.